The third-order valence-corrected chi connectivity index (χ3v) is 4.36. The Morgan fingerprint density at radius 2 is 1.90 bits per heavy atom. The third-order valence-electron chi connectivity index (χ3n) is 3.98. The van der Waals surface area contributed by atoms with Crippen molar-refractivity contribution in [1.29, 1.82) is 0 Å². The first-order valence-corrected chi connectivity index (χ1v) is 8.95. The van der Waals surface area contributed by atoms with E-state index >= 15 is 0 Å². The maximum Gasteiger partial charge on any atom is 0.296 e. The van der Waals surface area contributed by atoms with E-state index in [0.717, 1.165) is 6.92 Å². The Bertz CT molecular complexity index is 1020. The van der Waals surface area contributed by atoms with Gasteiger partial charge >= 0.3 is 0 Å². The number of carbonyl (C=O) groups is 2. The van der Waals surface area contributed by atoms with Gasteiger partial charge in [0, 0.05) is 6.07 Å². The van der Waals surface area contributed by atoms with Crippen LogP contribution in [0.1, 0.15) is 12.5 Å². The minimum atomic E-state index is -1.53. The summed E-state index contributed by atoms with van der Waals surface area (Å²) in [6.07, 6.45) is 0. The van der Waals surface area contributed by atoms with E-state index in [4.69, 9.17) is 21.1 Å². The Kier molecular flexibility index (Phi) is 7.43. The van der Waals surface area contributed by atoms with Crippen LogP contribution in [-0.4, -0.2) is 36.9 Å². The van der Waals surface area contributed by atoms with Gasteiger partial charge in [-0.1, -0.05) is 17.7 Å². The number of methoxy groups -OCH3 is 2. The fraction of sp³-hybridized carbons (Fsp3) is 0.263. The van der Waals surface area contributed by atoms with Crippen LogP contribution in [0.5, 0.6) is 11.5 Å². The zero-order valence-corrected chi connectivity index (χ0v) is 17.4. The molecule has 1 N–H and O–H groups in total. The van der Waals surface area contributed by atoms with Crippen molar-refractivity contribution in [2.24, 2.45) is 10.2 Å². The van der Waals surface area contributed by atoms with Crippen molar-refractivity contribution >= 4 is 40.4 Å². The molecule has 0 aliphatic rings. The molecule has 2 aromatic rings. The summed E-state index contributed by atoms with van der Waals surface area (Å²) in [7, 11) is 2.82. The van der Waals surface area contributed by atoms with Gasteiger partial charge in [0.15, 0.2) is 23.0 Å². The van der Waals surface area contributed by atoms with Crippen molar-refractivity contribution in [2.45, 2.75) is 19.9 Å². The Morgan fingerprint density at radius 3 is 2.47 bits per heavy atom. The van der Waals surface area contributed by atoms with Crippen molar-refractivity contribution in [3.8, 4) is 11.5 Å². The summed E-state index contributed by atoms with van der Waals surface area (Å²) < 4.78 is 10.3. The molecule has 158 valence electrons. The van der Waals surface area contributed by atoms with E-state index in [0.29, 0.717) is 11.3 Å². The number of nitro benzene ring substituents is 1. The number of nitrogens with zero attached hydrogens (tertiary/aromatic N) is 3. The molecule has 10 nitrogen and oxygen atoms in total. The summed E-state index contributed by atoms with van der Waals surface area (Å²) in [6, 6.07) is 5.78. The van der Waals surface area contributed by atoms with Gasteiger partial charge in [-0.2, -0.15) is 5.11 Å². The molecule has 2 aromatic carbocycles. The number of halogens is 1. The van der Waals surface area contributed by atoms with Crippen LogP contribution in [0.25, 0.3) is 0 Å². The monoisotopic (exact) mass is 434 g/mol. The zero-order chi connectivity index (χ0) is 22.4. The molecule has 0 saturated heterocycles. The molecule has 0 saturated carbocycles. The predicted molar refractivity (Wildman–Crippen MR) is 110 cm³/mol. The molecule has 0 aliphatic heterocycles. The highest BCUT2D eigenvalue weighted by molar-refractivity contribution is 6.35. The highest BCUT2D eigenvalue weighted by Crippen LogP contribution is 2.40. The summed E-state index contributed by atoms with van der Waals surface area (Å²) in [6.45, 7) is 2.84. The first-order valence-electron chi connectivity index (χ1n) is 8.57. The lowest BCUT2D eigenvalue weighted by Gasteiger charge is -2.14. The number of amides is 1. The van der Waals surface area contributed by atoms with E-state index in [1.807, 2.05) is 0 Å². The van der Waals surface area contributed by atoms with Crippen molar-refractivity contribution in [2.75, 3.05) is 19.5 Å². The Labute approximate surface area is 177 Å². The van der Waals surface area contributed by atoms with Gasteiger partial charge in [-0.25, -0.2) is 0 Å². The second kappa shape index (κ2) is 9.79. The van der Waals surface area contributed by atoms with E-state index < -0.39 is 22.7 Å². The van der Waals surface area contributed by atoms with Crippen LogP contribution in [0.4, 0.5) is 17.1 Å². The van der Waals surface area contributed by atoms with E-state index in [1.165, 1.54) is 38.5 Å². The average molecular weight is 435 g/mol. The van der Waals surface area contributed by atoms with Crippen LogP contribution in [-0.2, 0) is 9.59 Å². The van der Waals surface area contributed by atoms with E-state index in [9.17, 15) is 19.7 Å². The maximum absolute atomic E-state index is 12.6. The number of hydrogen-bond acceptors (Lipinski definition) is 8. The number of Topliss-reactive ketones (excluding diaryl/α,β-unsaturated/α-hetero) is 1. The lowest BCUT2D eigenvalue weighted by molar-refractivity contribution is -0.384. The van der Waals surface area contributed by atoms with Crippen molar-refractivity contribution in [1.82, 2.24) is 0 Å². The van der Waals surface area contributed by atoms with E-state index in [1.54, 1.807) is 13.0 Å². The van der Waals surface area contributed by atoms with Crippen molar-refractivity contribution < 1.29 is 24.0 Å². The first kappa shape index (κ1) is 22.8. The van der Waals surface area contributed by atoms with Gasteiger partial charge in [0.05, 0.1) is 24.8 Å². The standard InChI is InChI=1S/C19H19ClN4O6/c1-10-5-6-12(14(9-10)24(27)28)22-23-17(11(2)25)19(26)21-13-7-8-15(29-3)18(30-4)16(13)20/h5-9,17H,1-4H3,(H,21,26). The molecule has 0 radical (unpaired) electrons. The highest BCUT2D eigenvalue weighted by atomic mass is 35.5. The third kappa shape index (κ3) is 5.09. The lowest BCUT2D eigenvalue weighted by atomic mass is 10.2. The summed E-state index contributed by atoms with van der Waals surface area (Å²) in [4.78, 5) is 35.1. The van der Waals surface area contributed by atoms with Crippen LogP contribution in [0.3, 0.4) is 0 Å². The van der Waals surface area contributed by atoms with Crippen LogP contribution in [0.2, 0.25) is 5.02 Å². The van der Waals surface area contributed by atoms with Gasteiger partial charge < -0.3 is 14.8 Å². The molecule has 0 aromatic heterocycles. The molecule has 11 heteroatoms. The van der Waals surface area contributed by atoms with Crippen LogP contribution >= 0.6 is 11.6 Å². The number of rotatable bonds is 8. The molecule has 1 atom stereocenters. The van der Waals surface area contributed by atoms with Crippen LogP contribution in [0.15, 0.2) is 40.6 Å². The van der Waals surface area contributed by atoms with Gasteiger partial charge in [0.1, 0.15) is 5.02 Å². The van der Waals surface area contributed by atoms with E-state index in [-0.39, 0.29) is 27.8 Å². The van der Waals surface area contributed by atoms with E-state index in [2.05, 4.69) is 15.5 Å². The van der Waals surface area contributed by atoms with Gasteiger partial charge in [-0.15, -0.1) is 5.11 Å². The number of nitrogens with one attached hydrogen (secondary N) is 1. The Hall–Kier alpha value is -3.53. The molecule has 0 bridgehead atoms. The Morgan fingerprint density at radius 1 is 1.20 bits per heavy atom. The second-order valence-corrected chi connectivity index (χ2v) is 6.51. The molecular formula is C19H19ClN4O6. The summed E-state index contributed by atoms with van der Waals surface area (Å²) >= 11 is 6.23. The number of aryl methyl sites for hydroxylation is 1. The molecule has 0 aliphatic carbocycles. The molecule has 0 spiro atoms. The van der Waals surface area contributed by atoms with Crippen LogP contribution in [0, 0.1) is 17.0 Å². The number of hydrogen-bond donors (Lipinski definition) is 1. The van der Waals surface area contributed by atoms with Crippen molar-refractivity contribution in [3.63, 3.8) is 0 Å². The number of anilines is 1. The fourth-order valence-corrected chi connectivity index (χ4v) is 2.77. The molecule has 2 rings (SSSR count). The summed E-state index contributed by atoms with van der Waals surface area (Å²) in [5.74, 6) is -0.860. The normalized spacial score (nSPS) is 11.8. The molecule has 1 unspecified atom stereocenters. The maximum atomic E-state index is 12.6. The average Bonchev–Trinajstić information content (AvgIpc) is 2.69. The number of azo groups is 1. The number of nitro groups is 1. The zero-order valence-electron chi connectivity index (χ0n) is 16.6. The van der Waals surface area contributed by atoms with Crippen molar-refractivity contribution in [3.05, 3.63) is 51.0 Å². The summed E-state index contributed by atoms with van der Waals surface area (Å²) in [5, 5.41) is 21.2. The van der Waals surface area contributed by atoms with Gasteiger partial charge in [0.25, 0.3) is 11.6 Å². The molecule has 0 fully saturated rings. The largest absolute Gasteiger partial charge is 0.493 e. The topological polar surface area (TPSA) is 132 Å². The molecular weight excluding hydrogens is 416 g/mol. The predicted octanol–water partition coefficient (Wildman–Crippen LogP) is 4.25. The Balaban J connectivity index is 2.32. The summed E-state index contributed by atoms with van der Waals surface area (Å²) in [5.41, 5.74) is 0.463. The molecule has 30 heavy (non-hydrogen) atoms. The van der Waals surface area contributed by atoms with Gasteiger partial charge in [-0.05, 0) is 37.6 Å². The van der Waals surface area contributed by atoms with Crippen LogP contribution < -0.4 is 14.8 Å². The number of benzene rings is 2. The van der Waals surface area contributed by atoms with Gasteiger partial charge in [-0.3, -0.25) is 19.7 Å². The minimum Gasteiger partial charge on any atom is -0.493 e. The lowest BCUT2D eigenvalue weighted by Crippen LogP contribution is -2.32. The number of carbonyl (C=O) groups excluding carboxylic acids is 2. The number of ketones is 1. The quantitative estimate of drug-likeness (QED) is 0.285. The second-order valence-electron chi connectivity index (χ2n) is 6.13. The molecule has 0 heterocycles. The smallest absolute Gasteiger partial charge is 0.296 e. The first-order chi connectivity index (χ1) is 14.2. The van der Waals surface area contributed by atoms with Gasteiger partial charge in [0.2, 0.25) is 6.04 Å². The molecule has 1 amide bonds. The minimum absolute atomic E-state index is 0.0682. The SMILES string of the molecule is COc1ccc(NC(=O)C(N=Nc2ccc(C)cc2[N+](=O)[O-])C(C)=O)c(Cl)c1OC. The highest BCUT2D eigenvalue weighted by Gasteiger charge is 2.25. The number of ether oxygens (including phenoxy) is 2. The fourth-order valence-electron chi connectivity index (χ4n) is 2.49.